The van der Waals surface area contributed by atoms with Gasteiger partial charge in [0.25, 0.3) is 0 Å². The van der Waals surface area contributed by atoms with Crippen LogP contribution in [0.15, 0.2) is 51.6 Å². The van der Waals surface area contributed by atoms with Crippen LogP contribution in [0, 0.1) is 0 Å². The summed E-state index contributed by atoms with van der Waals surface area (Å²) in [4.78, 5) is 32.0. The van der Waals surface area contributed by atoms with Crippen LogP contribution in [-0.2, 0) is 22.6 Å². The van der Waals surface area contributed by atoms with Crippen LogP contribution in [0.3, 0.4) is 0 Å². The molecule has 0 saturated heterocycles. The van der Waals surface area contributed by atoms with Gasteiger partial charge in [0.1, 0.15) is 5.01 Å². The standard InChI is InChI=1S/C20H20BrN3O2S2/c1-2-24(12-18(25)22-11-17-7-4-8-27-17)19(26)10-16-13-28-20(23-16)14-5-3-6-15(21)9-14/h3-9,13H,2,10-12H2,1H3,(H,22,25). The van der Waals surface area contributed by atoms with E-state index < -0.39 is 0 Å². The molecule has 28 heavy (non-hydrogen) atoms. The molecule has 0 bridgehead atoms. The molecule has 0 aliphatic heterocycles. The van der Waals surface area contributed by atoms with Gasteiger partial charge < -0.3 is 10.2 Å². The third-order valence-corrected chi connectivity index (χ3v) is 6.37. The number of nitrogens with zero attached hydrogens (tertiary/aromatic N) is 2. The molecule has 0 fully saturated rings. The van der Waals surface area contributed by atoms with Gasteiger partial charge in [-0.2, -0.15) is 0 Å². The number of thiophene rings is 1. The quantitative estimate of drug-likeness (QED) is 0.524. The summed E-state index contributed by atoms with van der Waals surface area (Å²) in [6, 6.07) is 11.8. The fourth-order valence-electron chi connectivity index (χ4n) is 2.61. The van der Waals surface area contributed by atoms with Crippen LogP contribution < -0.4 is 5.32 Å². The van der Waals surface area contributed by atoms with E-state index in [2.05, 4.69) is 26.2 Å². The van der Waals surface area contributed by atoms with Crippen LogP contribution in [0.2, 0.25) is 0 Å². The van der Waals surface area contributed by atoms with Crippen molar-refractivity contribution in [2.24, 2.45) is 0 Å². The lowest BCUT2D eigenvalue weighted by Crippen LogP contribution is -2.41. The zero-order valence-electron chi connectivity index (χ0n) is 15.4. The Labute approximate surface area is 180 Å². The highest BCUT2D eigenvalue weighted by Crippen LogP contribution is 2.26. The van der Waals surface area contributed by atoms with Crippen LogP contribution in [-0.4, -0.2) is 34.8 Å². The number of carbonyl (C=O) groups is 2. The van der Waals surface area contributed by atoms with Crippen molar-refractivity contribution < 1.29 is 9.59 Å². The third-order valence-electron chi connectivity index (χ3n) is 4.06. The number of rotatable bonds is 8. The first-order valence-corrected chi connectivity index (χ1v) is 11.4. The van der Waals surface area contributed by atoms with E-state index in [0.717, 1.165) is 25.6 Å². The number of halogens is 1. The van der Waals surface area contributed by atoms with E-state index in [4.69, 9.17) is 0 Å². The van der Waals surface area contributed by atoms with Gasteiger partial charge in [-0.05, 0) is 30.5 Å². The number of hydrogen-bond donors (Lipinski definition) is 1. The van der Waals surface area contributed by atoms with Gasteiger partial charge in [0.05, 0.1) is 25.2 Å². The number of aromatic nitrogens is 1. The van der Waals surface area contributed by atoms with Gasteiger partial charge in [-0.15, -0.1) is 22.7 Å². The minimum Gasteiger partial charge on any atom is -0.350 e. The van der Waals surface area contributed by atoms with Crippen LogP contribution in [0.1, 0.15) is 17.5 Å². The van der Waals surface area contributed by atoms with Crippen LogP contribution >= 0.6 is 38.6 Å². The number of nitrogens with one attached hydrogen (secondary N) is 1. The van der Waals surface area contributed by atoms with Crippen molar-refractivity contribution in [3.05, 3.63) is 62.2 Å². The first kappa shape index (κ1) is 20.7. The molecule has 0 spiro atoms. The normalized spacial score (nSPS) is 10.6. The fraction of sp³-hybridized carbons (Fsp3) is 0.250. The van der Waals surface area contributed by atoms with Crippen LogP contribution in [0.5, 0.6) is 0 Å². The Balaban J connectivity index is 1.55. The smallest absolute Gasteiger partial charge is 0.239 e. The summed E-state index contributed by atoms with van der Waals surface area (Å²) in [6.07, 6.45) is 0.191. The number of thiazole rings is 1. The molecule has 5 nitrogen and oxygen atoms in total. The van der Waals surface area contributed by atoms with Crippen molar-refractivity contribution in [3.63, 3.8) is 0 Å². The highest BCUT2D eigenvalue weighted by atomic mass is 79.9. The summed E-state index contributed by atoms with van der Waals surface area (Å²) < 4.78 is 0.989. The molecule has 146 valence electrons. The van der Waals surface area contributed by atoms with E-state index in [9.17, 15) is 9.59 Å². The van der Waals surface area contributed by atoms with E-state index in [1.165, 1.54) is 11.3 Å². The number of hydrogen-bond acceptors (Lipinski definition) is 5. The summed E-state index contributed by atoms with van der Waals surface area (Å²) >= 11 is 6.57. The van der Waals surface area contributed by atoms with Crippen molar-refractivity contribution in [3.8, 4) is 10.6 Å². The monoisotopic (exact) mass is 477 g/mol. The number of likely N-dealkylation sites (N-methyl/N-ethyl adjacent to an activating group) is 1. The highest BCUT2D eigenvalue weighted by Gasteiger charge is 2.17. The highest BCUT2D eigenvalue weighted by molar-refractivity contribution is 9.10. The second kappa shape index (κ2) is 9.95. The molecule has 0 atom stereocenters. The maximum atomic E-state index is 12.6. The molecule has 0 radical (unpaired) electrons. The van der Waals surface area contributed by atoms with Crippen molar-refractivity contribution >= 4 is 50.4 Å². The van der Waals surface area contributed by atoms with Crippen molar-refractivity contribution in [1.29, 1.82) is 0 Å². The second-order valence-electron chi connectivity index (χ2n) is 6.10. The summed E-state index contributed by atoms with van der Waals surface area (Å²) in [5.74, 6) is -0.253. The minimum atomic E-state index is -0.156. The molecule has 0 aliphatic rings. The first-order chi connectivity index (χ1) is 13.5. The average molecular weight is 478 g/mol. The SMILES string of the molecule is CCN(CC(=O)NCc1cccs1)C(=O)Cc1csc(-c2cccc(Br)c2)n1. The van der Waals surface area contributed by atoms with Crippen molar-refractivity contribution in [2.75, 3.05) is 13.1 Å². The van der Waals surface area contributed by atoms with Crippen LogP contribution in [0.4, 0.5) is 0 Å². The van der Waals surface area contributed by atoms with Gasteiger partial charge in [-0.3, -0.25) is 9.59 Å². The van der Waals surface area contributed by atoms with Gasteiger partial charge in [-0.1, -0.05) is 34.1 Å². The van der Waals surface area contributed by atoms with Gasteiger partial charge in [0.15, 0.2) is 0 Å². The van der Waals surface area contributed by atoms with Gasteiger partial charge in [0, 0.05) is 26.8 Å². The summed E-state index contributed by atoms with van der Waals surface area (Å²) in [6.45, 7) is 2.90. The summed E-state index contributed by atoms with van der Waals surface area (Å²) in [5.41, 5.74) is 1.74. The molecule has 2 heterocycles. The first-order valence-electron chi connectivity index (χ1n) is 8.82. The van der Waals surface area contributed by atoms with Gasteiger partial charge in [-0.25, -0.2) is 4.98 Å². The Bertz CT molecular complexity index is 941. The maximum absolute atomic E-state index is 12.6. The molecule has 1 aromatic carbocycles. The molecule has 0 aliphatic carbocycles. The van der Waals surface area contributed by atoms with E-state index in [0.29, 0.717) is 13.1 Å². The lowest BCUT2D eigenvalue weighted by atomic mass is 10.2. The molecule has 0 saturated carbocycles. The molecular weight excluding hydrogens is 458 g/mol. The van der Waals surface area contributed by atoms with Crippen LogP contribution in [0.25, 0.3) is 10.6 Å². The van der Waals surface area contributed by atoms with Crippen molar-refractivity contribution in [1.82, 2.24) is 15.2 Å². The fourth-order valence-corrected chi connectivity index (χ4v) is 4.47. The Morgan fingerprint density at radius 3 is 2.79 bits per heavy atom. The second-order valence-corrected chi connectivity index (χ2v) is 8.90. The molecule has 3 aromatic rings. The van der Waals surface area contributed by atoms with E-state index in [1.54, 1.807) is 16.2 Å². The zero-order chi connectivity index (χ0) is 19.9. The lowest BCUT2D eigenvalue weighted by Gasteiger charge is -2.19. The molecule has 3 rings (SSSR count). The Morgan fingerprint density at radius 1 is 1.21 bits per heavy atom. The Morgan fingerprint density at radius 2 is 2.07 bits per heavy atom. The predicted octanol–water partition coefficient (Wildman–Crippen LogP) is 4.34. The van der Waals surface area contributed by atoms with Gasteiger partial charge in [0.2, 0.25) is 11.8 Å². The topological polar surface area (TPSA) is 62.3 Å². The average Bonchev–Trinajstić information content (AvgIpc) is 3.36. The molecule has 1 N–H and O–H groups in total. The molecule has 2 aromatic heterocycles. The largest absolute Gasteiger partial charge is 0.350 e. The minimum absolute atomic E-state index is 0.0589. The lowest BCUT2D eigenvalue weighted by molar-refractivity contribution is -0.135. The van der Waals surface area contributed by atoms with E-state index in [1.807, 2.05) is 54.1 Å². The van der Waals surface area contributed by atoms with Crippen molar-refractivity contribution in [2.45, 2.75) is 19.9 Å². The molecule has 2 amide bonds. The molecule has 8 heteroatoms. The van der Waals surface area contributed by atoms with E-state index >= 15 is 0 Å². The summed E-state index contributed by atoms with van der Waals surface area (Å²) in [5, 5.41) is 7.61. The molecule has 0 unspecified atom stereocenters. The Hall–Kier alpha value is -2.03. The number of amides is 2. The Kier molecular flexibility index (Phi) is 7.36. The summed E-state index contributed by atoms with van der Waals surface area (Å²) in [7, 11) is 0. The molecular formula is C20H20BrN3O2S2. The predicted molar refractivity (Wildman–Crippen MR) is 117 cm³/mol. The maximum Gasteiger partial charge on any atom is 0.239 e. The third kappa shape index (κ3) is 5.73. The zero-order valence-corrected chi connectivity index (χ0v) is 18.6. The van der Waals surface area contributed by atoms with Gasteiger partial charge >= 0.3 is 0 Å². The number of carbonyl (C=O) groups excluding carboxylic acids is 2. The van der Waals surface area contributed by atoms with E-state index in [-0.39, 0.29) is 24.8 Å². The number of benzene rings is 1.